The molecule has 0 radical (unpaired) electrons. The van der Waals surface area contributed by atoms with Crippen LogP contribution in [0.15, 0.2) is 65.1 Å². The van der Waals surface area contributed by atoms with Crippen LogP contribution in [0.5, 0.6) is 17.2 Å². The first-order chi connectivity index (χ1) is 16.7. The number of hydrogen-bond acceptors (Lipinski definition) is 6. The van der Waals surface area contributed by atoms with Gasteiger partial charge in [0.15, 0.2) is 23.9 Å². The van der Waals surface area contributed by atoms with Crippen LogP contribution in [-0.2, 0) is 17.8 Å². The SMILES string of the molecule is COc1cc(CCC(=O)NNC(=O)c2ccc(COc3ccccc3)o2)ccc1OCC(F)(F)F. The number of methoxy groups -OCH3 is 1. The largest absolute Gasteiger partial charge is 0.493 e. The third-order valence-electron chi connectivity index (χ3n) is 4.59. The fourth-order valence-electron chi connectivity index (χ4n) is 2.90. The quantitative estimate of drug-likeness (QED) is 0.412. The average molecular weight is 492 g/mol. The van der Waals surface area contributed by atoms with Gasteiger partial charge in [0.05, 0.1) is 7.11 Å². The van der Waals surface area contributed by atoms with E-state index in [0.717, 1.165) is 0 Å². The van der Waals surface area contributed by atoms with Crippen molar-refractivity contribution in [1.29, 1.82) is 0 Å². The summed E-state index contributed by atoms with van der Waals surface area (Å²) in [6, 6.07) is 16.5. The van der Waals surface area contributed by atoms with Crippen molar-refractivity contribution >= 4 is 11.8 Å². The molecule has 0 aliphatic heterocycles. The maximum Gasteiger partial charge on any atom is 0.422 e. The summed E-state index contributed by atoms with van der Waals surface area (Å²) in [5.74, 6) is 0.0231. The second-order valence-corrected chi connectivity index (χ2v) is 7.26. The number of ether oxygens (including phenoxy) is 3. The molecule has 3 rings (SSSR count). The lowest BCUT2D eigenvalue weighted by Crippen LogP contribution is -2.41. The van der Waals surface area contributed by atoms with Gasteiger partial charge in [-0.15, -0.1) is 0 Å². The molecule has 0 saturated heterocycles. The van der Waals surface area contributed by atoms with Gasteiger partial charge in [-0.2, -0.15) is 13.2 Å². The van der Waals surface area contributed by atoms with Crippen LogP contribution in [0.25, 0.3) is 0 Å². The molecule has 11 heteroatoms. The van der Waals surface area contributed by atoms with E-state index in [1.807, 2.05) is 18.2 Å². The number of aryl methyl sites for hydroxylation is 1. The number of amides is 2. The van der Waals surface area contributed by atoms with Crippen LogP contribution in [0, 0.1) is 0 Å². The lowest BCUT2D eigenvalue weighted by Gasteiger charge is -2.13. The van der Waals surface area contributed by atoms with E-state index < -0.39 is 24.6 Å². The molecule has 0 spiro atoms. The Balaban J connectivity index is 1.43. The molecular formula is C24H23F3N2O6. The highest BCUT2D eigenvalue weighted by Gasteiger charge is 2.29. The monoisotopic (exact) mass is 492 g/mol. The van der Waals surface area contributed by atoms with Crippen molar-refractivity contribution in [3.8, 4) is 17.2 Å². The molecule has 3 aromatic rings. The zero-order chi connectivity index (χ0) is 25.3. The van der Waals surface area contributed by atoms with E-state index in [9.17, 15) is 22.8 Å². The molecule has 0 unspecified atom stereocenters. The lowest BCUT2D eigenvalue weighted by molar-refractivity contribution is -0.153. The number of alkyl halides is 3. The van der Waals surface area contributed by atoms with Crippen molar-refractivity contribution in [2.24, 2.45) is 0 Å². The Kier molecular flexibility index (Phi) is 8.60. The number of halogens is 3. The van der Waals surface area contributed by atoms with Crippen molar-refractivity contribution in [2.45, 2.75) is 25.6 Å². The normalized spacial score (nSPS) is 11.0. The van der Waals surface area contributed by atoms with Crippen molar-refractivity contribution in [2.75, 3.05) is 13.7 Å². The average Bonchev–Trinajstić information content (AvgIpc) is 3.33. The molecule has 0 atom stereocenters. The van der Waals surface area contributed by atoms with Crippen molar-refractivity contribution in [3.05, 3.63) is 77.7 Å². The highest BCUT2D eigenvalue weighted by Crippen LogP contribution is 2.30. The third-order valence-corrected chi connectivity index (χ3v) is 4.59. The standard InChI is InChI=1S/C24H23F3N2O6/c1-32-21-13-16(7-10-19(21)34-15-24(25,26)27)8-12-22(30)28-29-23(31)20-11-9-18(35-20)14-33-17-5-3-2-4-6-17/h2-7,9-11,13H,8,12,14-15H2,1H3,(H,28,30)(H,29,31). The predicted octanol–water partition coefficient (Wildman–Crippen LogP) is 4.20. The summed E-state index contributed by atoms with van der Waals surface area (Å²) in [7, 11) is 1.30. The van der Waals surface area contributed by atoms with Crippen molar-refractivity contribution < 1.29 is 41.4 Å². The van der Waals surface area contributed by atoms with E-state index in [4.69, 9.17) is 18.6 Å². The molecule has 2 amide bonds. The molecular weight excluding hydrogens is 469 g/mol. The Morgan fingerprint density at radius 2 is 1.71 bits per heavy atom. The van der Waals surface area contributed by atoms with E-state index in [2.05, 4.69) is 10.9 Å². The molecule has 35 heavy (non-hydrogen) atoms. The minimum Gasteiger partial charge on any atom is -0.493 e. The van der Waals surface area contributed by atoms with Crippen LogP contribution in [0.3, 0.4) is 0 Å². The molecule has 0 aliphatic carbocycles. The van der Waals surface area contributed by atoms with Gasteiger partial charge in [0.2, 0.25) is 5.91 Å². The Hall–Kier alpha value is -4.15. The van der Waals surface area contributed by atoms with E-state index in [1.54, 1.807) is 18.2 Å². The van der Waals surface area contributed by atoms with E-state index in [1.165, 1.54) is 31.4 Å². The van der Waals surface area contributed by atoms with Crippen LogP contribution in [0.2, 0.25) is 0 Å². The van der Waals surface area contributed by atoms with E-state index >= 15 is 0 Å². The summed E-state index contributed by atoms with van der Waals surface area (Å²) in [4.78, 5) is 24.3. The topological polar surface area (TPSA) is 99.0 Å². The van der Waals surface area contributed by atoms with Gasteiger partial charge in [0.25, 0.3) is 0 Å². The van der Waals surface area contributed by atoms with E-state index in [-0.39, 0.29) is 36.7 Å². The molecule has 0 saturated carbocycles. The van der Waals surface area contributed by atoms with Crippen LogP contribution < -0.4 is 25.1 Å². The zero-order valence-electron chi connectivity index (χ0n) is 18.7. The summed E-state index contributed by atoms with van der Waals surface area (Å²) in [6.45, 7) is -1.31. The van der Waals surface area contributed by atoms with Crippen LogP contribution in [0.4, 0.5) is 13.2 Å². The Labute approximate surface area is 198 Å². The van der Waals surface area contributed by atoms with Gasteiger partial charge in [0, 0.05) is 6.42 Å². The van der Waals surface area contributed by atoms with Crippen molar-refractivity contribution in [3.63, 3.8) is 0 Å². The van der Waals surface area contributed by atoms with Crippen LogP contribution in [0.1, 0.15) is 28.3 Å². The van der Waals surface area contributed by atoms with Gasteiger partial charge >= 0.3 is 12.1 Å². The third kappa shape index (κ3) is 8.29. The molecule has 0 fully saturated rings. The number of furan rings is 1. The number of carbonyl (C=O) groups excluding carboxylic acids is 2. The molecule has 2 aromatic carbocycles. The second kappa shape index (κ2) is 11.8. The van der Waals surface area contributed by atoms with Crippen molar-refractivity contribution in [1.82, 2.24) is 10.9 Å². The highest BCUT2D eigenvalue weighted by molar-refractivity contribution is 5.92. The summed E-state index contributed by atoms with van der Waals surface area (Å²) < 4.78 is 57.8. The van der Waals surface area contributed by atoms with Gasteiger partial charge in [-0.3, -0.25) is 20.4 Å². The highest BCUT2D eigenvalue weighted by atomic mass is 19.4. The number of hydrazine groups is 1. The first kappa shape index (κ1) is 25.5. The zero-order valence-corrected chi connectivity index (χ0v) is 18.7. The number of hydrogen-bond donors (Lipinski definition) is 2. The molecule has 186 valence electrons. The van der Waals surface area contributed by atoms with E-state index in [0.29, 0.717) is 17.1 Å². The van der Waals surface area contributed by atoms with Crippen LogP contribution >= 0.6 is 0 Å². The van der Waals surface area contributed by atoms with Crippen LogP contribution in [-0.4, -0.2) is 31.7 Å². The molecule has 2 N–H and O–H groups in total. The first-order valence-electron chi connectivity index (χ1n) is 10.5. The number of para-hydroxylation sites is 1. The van der Waals surface area contributed by atoms with Gasteiger partial charge in [-0.25, -0.2) is 0 Å². The number of nitrogens with one attached hydrogen (secondary N) is 2. The maximum absolute atomic E-state index is 12.4. The Morgan fingerprint density at radius 3 is 2.43 bits per heavy atom. The summed E-state index contributed by atoms with van der Waals surface area (Å²) in [5, 5.41) is 0. The number of carbonyl (C=O) groups is 2. The fourth-order valence-corrected chi connectivity index (χ4v) is 2.90. The summed E-state index contributed by atoms with van der Waals surface area (Å²) in [5.41, 5.74) is 5.18. The minimum absolute atomic E-state index is 0.000506. The summed E-state index contributed by atoms with van der Waals surface area (Å²) in [6.07, 6.45) is -4.22. The fraction of sp³-hybridized carbons (Fsp3) is 0.250. The lowest BCUT2D eigenvalue weighted by atomic mass is 10.1. The molecule has 8 nitrogen and oxygen atoms in total. The second-order valence-electron chi connectivity index (χ2n) is 7.26. The molecule has 1 heterocycles. The molecule has 1 aromatic heterocycles. The van der Waals surface area contributed by atoms with Gasteiger partial charge < -0.3 is 18.6 Å². The maximum atomic E-state index is 12.4. The predicted molar refractivity (Wildman–Crippen MR) is 118 cm³/mol. The minimum atomic E-state index is -4.47. The smallest absolute Gasteiger partial charge is 0.422 e. The molecule has 0 bridgehead atoms. The Bertz CT molecular complexity index is 1130. The Morgan fingerprint density at radius 1 is 0.943 bits per heavy atom. The first-order valence-corrected chi connectivity index (χ1v) is 10.5. The van der Waals surface area contributed by atoms with Gasteiger partial charge in [0.1, 0.15) is 18.1 Å². The van der Waals surface area contributed by atoms with Gasteiger partial charge in [-0.1, -0.05) is 24.3 Å². The van der Waals surface area contributed by atoms with Gasteiger partial charge in [-0.05, 0) is 48.4 Å². The summed E-state index contributed by atoms with van der Waals surface area (Å²) >= 11 is 0. The number of rotatable bonds is 10. The molecule has 0 aliphatic rings. The number of benzene rings is 2.